The van der Waals surface area contributed by atoms with Crippen LogP contribution in [0.3, 0.4) is 0 Å². The van der Waals surface area contributed by atoms with Crippen molar-refractivity contribution in [2.45, 2.75) is 58.3 Å². The van der Waals surface area contributed by atoms with Gasteiger partial charge in [0.05, 0.1) is 12.6 Å². The Bertz CT molecular complexity index is 1700. The van der Waals surface area contributed by atoms with Gasteiger partial charge in [0.1, 0.15) is 5.39 Å². The standard InChI is InChI=1S/C29H35N9O2/c1-6-13-36-28(40)23-15-30-29(32-27(23)38(36)25-11-12-26(39)37(33-25)18(2)3)31-20-7-10-24(19(4)14-20)35-16-21-8-9-22(17-35)34(21)5/h6-7,10-12,14-15,18,21-22H,1,8-9,13,16-17H2,2-5H3,(H,30,31,32). The van der Waals surface area contributed by atoms with Gasteiger partial charge >= 0.3 is 0 Å². The van der Waals surface area contributed by atoms with E-state index in [1.165, 1.54) is 45.7 Å². The molecule has 2 fully saturated rings. The molecule has 0 amide bonds. The predicted molar refractivity (Wildman–Crippen MR) is 157 cm³/mol. The topological polar surface area (TPSA) is 106 Å². The summed E-state index contributed by atoms with van der Waals surface area (Å²) in [6, 6.07) is 10.5. The highest BCUT2D eigenvalue weighted by Gasteiger charge is 2.37. The zero-order valence-corrected chi connectivity index (χ0v) is 23.4. The van der Waals surface area contributed by atoms with Gasteiger partial charge in [-0.3, -0.25) is 14.5 Å². The lowest BCUT2D eigenvalue weighted by Gasteiger charge is -2.40. The van der Waals surface area contributed by atoms with Gasteiger partial charge in [-0.05, 0) is 70.5 Å². The van der Waals surface area contributed by atoms with Crippen LogP contribution in [-0.4, -0.2) is 66.2 Å². The van der Waals surface area contributed by atoms with E-state index in [2.05, 4.69) is 57.9 Å². The Kier molecular flexibility index (Phi) is 6.53. The van der Waals surface area contributed by atoms with Gasteiger partial charge < -0.3 is 10.2 Å². The molecule has 1 aromatic carbocycles. The van der Waals surface area contributed by atoms with E-state index in [0.29, 0.717) is 34.9 Å². The molecule has 2 bridgehead atoms. The van der Waals surface area contributed by atoms with Crippen molar-refractivity contribution < 1.29 is 0 Å². The van der Waals surface area contributed by atoms with Crippen LogP contribution in [0, 0.1) is 6.92 Å². The smallest absolute Gasteiger partial charge is 0.278 e. The quantitative estimate of drug-likeness (QED) is 0.356. The van der Waals surface area contributed by atoms with Gasteiger partial charge in [0.15, 0.2) is 11.5 Å². The Morgan fingerprint density at radius 2 is 1.88 bits per heavy atom. The van der Waals surface area contributed by atoms with E-state index in [0.717, 1.165) is 18.8 Å². The van der Waals surface area contributed by atoms with Gasteiger partial charge in [0, 0.05) is 48.8 Å². The molecule has 6 rings (SSSR count). The summed E-state index contributed by atoms with van der Waals surface area (Å²) in [5.74, 6) is 0.771. The van der Waals surface area contributed by atoms with Crippen molar-refractivity contribution in [2.75, 3.05) is 30.4 Å². The average Bonchev–Trinajstić information content (AvgIpc) is 3.28. The van der Waals surface area contributed by atoms with Crippen molar-refractivity contribution in [1.29, 1.82) is 0 Å². The summed E-state index contributed by atoms with van der Waals surface area (Å²) in [5, 5.41) is 8.20. The Hall–Kier alpha value is -4.25. The minimum absolute atomic E-state index is 0.145. The van der Waals surface area contributed by atoms with Gasteiger partial charge in [-0.1, -0.05) is 6.08 Å². The van der Waals surface area contributed by atoms with Crippen molar-refractivity contribution in [3.8, 4) is 5.82 Å². The second-order valence-electron chi connectivity index (χ2n) is 11.1. The van der Waals surface area contributed by atoms with Crippen LogP contribution >= 0.6 is 0 Å². The fourth-order valence-corrected chi connectivity index (χ4v) is 6.03. The lowest BCUT2D eigenvalue weighted by atomic mass is 10.1. The zero-order valence-electron chi connectivity index (χ0n) is 23.4. The Labute approximate surface area is 232 Å². The van der Waals surface area contributed by atoms with Crippen molar-refractivity contribution in [3.63, 3.8) is 0 Å². The van der Waals surface area contributed by atoms with Crippen molar-refractivity contribution in [1.82, 2.24) is 34.0 Å². The molecule has 3 aromatic heterocycles. The minimum Gasteiger partial charge on any atom is -0.368 e. The molecule has 2 aliphatic heterocycles. The number of nitrogens with one attached hydrogen (secondary N) is 1. The average molecular weight is 542 g/mol. The molecule has 208 valence electrons. The second-order valence-corrected chi connectivity index (χ2v) is 11.1. The summed E-state index contributed by atoms with van der Waals surface area (Å²) < 4.78 is 4.51. The molecule has 4 aromatic rings. The Balaban J connectivity index is 1.35. The lowest BCUT2D eigenvalue weighted by molar-refractivity contribution is 0.212. The first-order valence-corrected chi connectivity index (χ1v) is 13.8. The largest absolute Gasteiger partial charge is 0.368 e. The van der Waals surface area contributed by atoms with E-state index in [9.17, 15) is 9.59 Å². The number of aryl methyl sites for hydroxylation is 1. The zero-order chi connectivity index (χ0) is 28.1. The molecule has 2 atom stereocenters. The lowest BCUT2D eigenvalue weighted by Crippen LogP contribution is -2.52. The Morgan fingerprint density at radius 1 is 1.12 bits per heavy atom. The summed E-state index contributed by atoms with van der Waals surface area (Å²) in [4.78, 5) is 39.8. The highest BCUT2D eigenvalue weighted by atomic mass is 16.1. The third-order valence-electron chi connectivity index (χ3n) is 8.14. The molecule has 0 aliphatic carbocycles. The number of aromatic nitrogens is 6. The minimum atomic E-state index is -0.258. The van der Waals surface area contributed by atoms with E-state index in [4.69, 9.17) is 4.98 Å². The number of hydrogen-bond acceptors (Lipinski definition) is 8. The van der Waals surface area contributed by atoms with Crippen LogP contribution in [0.2, 0.25) is 0 Å². The van der Waals surface area contributed by atoms with Crippen molar-refractivity contribution >= 4 is 28.4 Å². The first-order chi connectivity index (χ1) is 19.2. The normalized spacial score (nSPS) is 19.1. The third kappa shape index (κ3) is 4.40. The van der Waals surface area contributed by atoms with Crippen LogP contribution < -0.4 is 21.3 Å². The van der Waals surface area contributed by atoms with Crippen molar-refractivity contribution in [2.24, 2.45) is 0 Å². The molecule has 2 saturated heterocycles. The van der Waals surface area contributed by atoms with Gasteiger partial charge in [0.2, 0.25) is 5.95 Å². The molecular formula is C29H35N9O2. The van der Waals surface area contributed by atoms with Crippen molar-refractivity contribution in [3.05, 3.63) is 75.5 Å². The molecule has 11 nitrogen and oxygen atoms in total. The predicted octanol–water partition coefficient (Wildman–Crippen LogP) is 3.24. The molecule has 0 radical (unpaired) electrons. The molecule has 1 N–H and O–H groups in total. The number of fused-ring (bicyclic) bond motifs is 3. The first kappa shape index (κ1) is 26.0. The fourth-order valence-electron chi connectivity index (χ4n) is 6.03. The first-order valence-electron chi connectivity index (χ1n) is 13.8. The molecule has 2 aliphatic rings. The number of rotatable bonds is 7. The second kappa shape index (κ2) is 10.1. The van der Waals surface area contributed by atoms with E-state index < -0.39 is 0 Å². The number of hydrogen-bond donors (Lipinski definition) is 1. The van der Waals surface area contributed by atoms with Crippen LogP contribution in [-0.2, 0) is 6.54 Å². The molecule has 5 heterocycles. The van der Waals surface area contributed by atoms with Crippen LogP contribution in [0.15, 0.2) is 58.8 Å². The monoisotopic (exact) mass is 541 g/mol. The Morgan fingerprint density at radius 3 is 2.55 bits per heavy atom. The van der Waals surface area contributed by atoms with Crippen LogP contribution in [0.5, 0.6) is 0 Å². The highest BCUT2D eigenvalue weighted by molar-refractivity contribution is 5.77. The molecule has 40 heavy (non-hydrogen) atoms. The number of likely N-dealkylation sites (N-methyl/N-ethyl adjacent to an activating group) is 1. The molecule has 2 unspecified atom stereocenters. The van der Waals surface area contributed by atoms with Crippen LogP contribution in [0.1, 0.15) is 38.3 Å². The summed E-state index contributed by atoms with van der Waals surface area (Å²) in [6.45, 7) is 12.0. The van der Waals surface area contributed by atoms with Gasteiger partial charge in [-0.2, -0.15) is 4.98 Å². The molecular weight excluding hydrogens is 506 g/mol. The fraction of sp³-hybridized carbons (Fsp3) is 0.414. The molecule has 0 saturated carbocycles. The summed E-state index contributed by atoms with van der Waals surface area (Å²) in [5.41, 5.74) is 3.23. The van der Waals surface area contributed by atoms with Crippen LogP contribution in [0.4, 0.5) is 17.3 Å². The summed E-state index contributed by atoms with van der Waals surface area (Å²) in [6.07, 6.45) is 5.70. The molecule has 0 spiro atoms. The maximum Gasteiger partial charge on any atom is 0.278 e. The number of piperazine rings is 1. The van der Waals surface area contributed by atoms with E-state index in [1.54, 1.807) is 16.8 Å². The van der Waals surface area contributed by atoms with Gasteiger partial charge in [-0.15, -0.1) is 11.7 Å². The van der Waals surface area contributed by atoms with Gasteiger partial charge in [-0.25, -0.2) is 19.0 Å². The van der Waals surface area contributed by atoms with Gasteiger partial charge in [0.25, 0.3) is 11.1 Å². The maximum atomic E-state index is 13.3. The third-order valence-corrected chi connectivity index (χ3v) is 8.14. The van der Waals surface area contributed by atoms with E-state index in [1.807, 2.05) is 19.9 Å². The molecule has 11 heteroatoms. The van der Waals surface area contributed by atoms with Crippen LogP contribution in [0.25, 0.3) is 16.9 Å². The highest BCUT2D eigenvalue weighted by Crippen LogP contribution is 2.33. The number of nitrogens with zero attached hydrogens (tertiary/aromatic N) is 8. The van der Waals surface area contributed by atoms with E-state index in [-0.39, 0.29) is 23.7 Å². The summed E-state index contributed by atoms with van der Waals surface area (Å²) >= 11 is 0. The summed E-state index contributed by atoms with van der Waals surface area (Å²) in [7, 11) is 2.25. The SMILES string of the molecule is C=CCn1c(=O)c2cnc(Nc3ccc(N4CC5CCC(C4)N5C)c(C)c3)nc2n1-c1ccc(=O)n(C(C)C)n1. The maximum absolute atomic E-state index is 13.3. The number of allylic oxidation sites excluding steroid dienone is 1. The van der Waals surface area contributed by atoms with E-state index >= 15 is 0 Å². The number of benzene rings is 1. The number of anilines is 3.